The predicted octanol–water partition coefficient (Wildman–Crippen LogP) is 2.83. The van der Waals surface area contributed by atoms with Gasteiger partial charge in [0.05, 0.1) is 17.3 Å². The first kappa shape index (κ1) is 21.5. The highest BCUT2D eigenvalue weighted by molar-refractivity contribution is 5.82. The molecule has 1 unspecified atom stereocenters. The number of rotatable bonds is 4. The Kier molecular flexibility index (Phi) is 5.88. The lowest BCUT2D eigenvalue weighted by atomic mass is 9.98. The van der Waals surface area contributed by atoms with Crippen molar-refractivity contribution in [2.24, 2.45) is 0 Å². The lowest BCUT2D eigenvalue weighted by Gasteiger charge is -2.40. The van der Waals surface area contributed by atoms with E-state index in [1.54, 1.807) is 17.0 Å². The molecule has 1 amide bonds. The summed E-state index contributed by atoms with van der Waals surface area (Å²) in [5, 5.41) is 4.42. The molecule has 0 radical (unpaired) electrons. The van der Waals surface area contributed by atoms with Crippen LogP contribution >= 0.6 is 0 Å². The number of nitrogens with zero attached hydrogens (tertiary/aromatic N) is 4. The fraction of sp³-hybridized carbons (Fsp3) is 0.500. The van der Waals surface area contributed by atoms with E-state index >= 15 is 0 Å². The fourth-order valence-electron chi connectivity index (χ4n) is 4.44. The molecule has 1 atom stereocenters. The number of halogens is 3. The van der Waals surface area contributed by atoms with Crippen molar-refractivity contribution in [3.63, 3.8) is 0 Å². The van der Waals surface area contributed by atoms with Crippen LogP contribution in [0.4, 0.5) is 13.2 Å². The van der Waals surface area contributed by atoms with E-state index in [1.165, 1.54) is 10.7 Å². The number of hydrogen-bond acceptors (Lipinski definition) is 4. The Hall–Kier alpha value is -2.68. The highest BCUT2D eigenvalue weighted by atomic mass is 19.4. The number of aromatic nitrogens is 2. The van der Waals surface area contributed by atoms with Gasteiger partial charge in [-0.25, -0.2) is 4.68 Å². The largest absolute Gasteiger partial charge is 0.416 e. The third-order valence-electron chi connectivity index (χ3n) is 6.04. The molecule has 0 bridgehead atoms. The Labute approximate surface area is 178 Å². The van der Waals surface area contributed by atoms with Gasteiger partial charge in [-0.15, -0.1) is 0 Å². The predicted molar refractivity (Wildman–Crippen MR) is 108 cm³/mol. The normalized spacial score (nSPS) is 20.1. The summed E-state index contributed by atoms with van der Waals surface area (Å²) in [6.07, 6.45) is -2.26. The molecule has 2 aromatic rings. The molecule has 0 aliphatic carbocycles. The SMILES string of the molecule is CCn1nc2c(cc1=O)CN(C1CCCN(Cc3cccc(C(F)(F)F)c3)C1=O)CC2. The lowest BCUT2D eigenvalue weighted by molar-refractivity contribution is -0.141. The number of amides is 1. The van der Waals surface area contributed by atoms with Crippen molar-refractivity contribution in [3.8, 4) is 0 Å². The van der Waals surface area contributed by atoms with Crippen molar-refractivity contribution < 1.29 is 18.0 Å². The van der Waals surface area contributed by atoms with E-state index in [-0.39, 0.29) is 24.1 Å². The summed E-state index contributed by atoms with van der Waals surface area (Å²) in [5.41, 5.74) is 1.36. The van der Waals surface area contributed by atoms with Crippen LogP contribution in [0.2, 0.25) is 0 Å². The molecule has 0 spiro atoms. The van der Waals surface area contributed by atoms with E-state index in [4.69, 9.17) is 0 Å². The molecule has 1 fully saturated rings. The first-order valence-electron chi connectivity index (χ1n) is 10.5. The van der Waals surface area contributed by atoms with Crippen molar-refractivity contribution >= 4 is 5.91 Å². The topological polar surface area (TPSA) is 58.4 Å². The zero-order valence-electron chi connectivity index (χ0n) is 17.4. The molecule has 2 aliphatic heterocycles. The van der Waals surface area contributed by atoms with E-state index in [2.05, 4.69) is 10.00 Å². The maximum Gasteiger partial charge on any atom is 0.416 e. The summed E-state index contributed by atoms with van der Waals surface area (Å²) in [4.78, 5) is 29.0. The van der Waals surface area contributed by atoms with Crippen LogP contribution in [0.25, 0.3) is 0 Å². The van der Waals surface area contributed by atoms with Gasteiger partial charge in [-0.1, -0.05) is 12.1 Å². The second-order valence-corrected chi connectivity index (χ2v) is 8.11. The van der Waals surface area contributed by atoms with Gasteiger partial charge in [-0.05, 0) is 43.0 Å². The zero-order chi connectivity index (χ0) is 22.2. The van der Waals surface area contributed by atoms with Gasteiger partial charge in [0.15, 0.2) is 0 Å². The van der Waals surface area contributed by atoms with Gasteiger partial charge in [0.1, 0.15) is 0 Å². The number of benzene rings is 1. The summed E-state index contributed by atoms with van der Waals surface area (Å²) in [7, 11) is 0. The van der Waals surface area contributed by atoms with Crippen LogP contribution in [0.15, 0.2) is 35.1 Å². The standard InChI is InChI=1S/C22H25F3N4O2/c1-2-29-20(30)12-16-14-27(10-8-18(16)26-29)19-7-4-9-28(21(19)31)13-15-5-3-6-17(11-15)22(23,24)25/h3,5-6,11-12,19H,2,4,7-10,13-14H2,1H3. The third kappa shape index (κ3) is 4.51. The van der Waals surface area contributed by atoms with Gasteiger partial charge < -0.3 is 4.90 Å². The smallest absolute Gasteiger partial charge is 0.337 e. The van der Waals surface area contributed by atoms with Crippen molar-refractivity contribution in [2.75, 3.05) is 13.1 Å². The lowest BCUT2D eigenvalue weighted by Crippen LogP contribution is -2.53. The first-order valence-corrected chi connectivity index (χ1v) is 10.5. The number of likely N-dealkylation sites (tertiary alicyclic amines) is 1. The Morgan fingerprint density at radius 3 is 2.71 bits per heavy atom. The molecule has 0 saturated carbocycles. The molecule has 4 rings (SSSR count). The van der Waals surface area contributed by atoms with E-state index in [0.29, 0.717) is 44.6 Å². The third-order valence-corrected chi connectivity index (χ3v) is 6.04. The number of hydrogen-bond donors (Lipinski definition) is 0. The van der Waals surface area contributed by atoms with Crippen molar-refractivity contribution in [2.45, 2.75) is 58.0 Å². The quantitative estimate of drug-likeness (QED) is 0.743. The van der Waals surface area contributed by atoms with Crippen LogP contribution < -0.4 is 5.56 Å². The molecule has 1 saturated heterocycles. The maximum absolute atomic E-state index is 13.2. The van der Waals surface area contributed by atoms with Gasteiger partial charge in [-0.2, -0.15) is 18.3 Å². The van der Waals surface area contributed by atoms with Gasteiger partial charge in [-0.3, -0.25) is 14.5 Å². The highest BCUT2D eigenvalue weighted by Gasteiger charge is 2.36. The zero-order valence-corrected chi connectivity index (χ0v) is 17.4. The van der Waals surface area contributed by atoms with Crippen LogP contribution in [0.3, 0.4) is 0 Å². The average Bonchev–Trinajstić information content (AvgIpc) is 2.74. The Morgan fingerprint density at radius 2 is 1.97 bits per heavy atom. The monoisotopic (exact) mass is 434 g/mol. The van der Waals surface area contributed by atoms with Crippen LogP contribution in [-0.4, -0.2) is 44.6 Å². The minimum Gasteiger partial charge on any atom is -0.337 e. The number of alkyl halides is 3. The molecule has 9 heteroatoms. The summed E-state index contributed by atoms with van der Waals surface area (Å²) in [6, 6.07) is 6.41. The summed E-state index contributed by atoms with van der Waals surface area (Å²) in [5.74, 6) is -0.0676. The highest BCUT2D eigenvalue weighted by Crippen LogP contribution is 2.30. The van der Waals surface area contributed by atoms with Crippen LogP contribution in [0.1, 0.15) is 42.1 Å². The van der Waals surface area contributed by atoms with Crippen LogP contribution in [-0.2, 0) is 37.0 Å². The number of piperidine rings is 1. The second kappa shape index (κ2) is 8.45. The molecule has 1 aromatic carbocycles. The minimum atomic E-state index is -4.41. The Morgan fingerprint density at radius 1 is 1.16 bits per heavy atom. The summed E-state index contributed by atoms with van der Waals surface area (Å²) >= 11 is 0. The molecule has 2 aliphatic rings. The van der Waals surface area contributed by atoms with Gasteiger partial charge in [0.2, 0.25) is 5.91 Å². The molecule has 0 N–H and O–H groups in total. The molecule has 3 heterocycles. The molecule has 31 heavy (non-hydrogen) atoms. The average molecular weight is 434 g/mol. The molecule has 1 aromatic heterocycles. The Bertz CT molecular complexity index is 1030. The molecule has 166 valence electrons. The first-order chi connectivity index (χ1) is 14.8. The second-order valence-electron chi connectivity index (χ2n) is 8.11. The van der Waals surface area contributed by atoms with Crippen LogP contribution in [0, 0.1) is 0 Å². The summed E-state index contributed by atoms with van der Waals surface area (Å²) < 4.78 is 40.5. The summed E-state index contributed by atoms with van der Waals surface area (Å²) in [6.45, 7) is 4.22. The number of aryl methyl sites for hydroxylation is 1. The van der Waals surface area contributed by atoms with E-state index in [0.717, 1.165) is 29.8 Å². The fourth-order valence-corrected chi connectivity index (χ4v) is 4.44. The molecular formula is C22H25F3N4O2. The number of carbonyl (C=O) groups excluding carboxylic acids is 1. The van der Waals surface area contributed by atoms with E-state index in [9.17, 15) is 22.8 Å². The van der Waals surface area contributed by atoms with Crippen molar-refractivity contribution in [3.05, 3.63) is 63.1 Å². The maximum atomic E-state index is 13.2. The molecular weight excluding hydrogens is 409 g/mol. The minimum absolute atomic E-state index is 0.0676. The number of fused-ring (bicyclic) bond motifs is 1. The van der Waals surface area contributed by atoms with Crippen molar-refractivity contribution in [1.29, 1.82) is 0 Å². The van der Waals surface area contributed by atoms with Gasteiger partial charge >= 0.3 is 6.18 Å². The Balaban J connectivity index is 1.48. The van der Waals surface area contributed by atoms with E-state index in [1.807, 2.05) is 6.92 Å². The van der Waals surface area contributed by atoms with Gasteiger partial charge in [0.25, 0.3) is 5.56 Å². The van der Waals surface area contributed by atoms with E-state index < -0.39 is 11.7 Å². The number of carbonyl (C=O) groups is 1. The van der Waals surface area contributed by atoms with Gasteiger partial charge in [0, 0.05) is 45.2 Å². The van der Waals surface area contributed by atoms with Crippen molar-refractivity contribution in [1.82, 2.24) is 19.6 Å². The molecule has 6 nitrogen and oxygen atoms in total. The van der Waals surface area contributed by atoms with Crippen LogP contribution in [0.5, 0.6) is 0 Å².